The van der Waals surface area contributed by atoms with E-state index in [0.29, 0.717) is 48.1 Å². The monoisotopic (exact) mass is 574 g/mol. The number of rotatable bonds is 6. The van der Waals surface area contributed by atoms with Gasteiger partial charge in [0.15, 0.2) is 5.11 Å². The summed E-state index contributed by atoms with van der Waals surface area (Å²) in [4.78, 5) is 28.2. The summed E-state index contributed by atoms with van der Waals surface area (Å²) in [5, 5.41) is 15.9. The molecule has 40 heavy (non-hydrogen) atoms. The zero-order valence-electron chi connectivity index (χ0n) is 21.2. The number of aromatic nitrogens is 5. The van der Waals surface area contributed by atoms with Crippen molar-refractivity contribution < 1.29 is 13.6 Å². The molecule has 4 heterocycles. The van der Waals surface area contributed by atoms with Gasteiger partial charge in [0.05, 0.1) is 13.2 Å². The average Bonchev–Trinajstić information content (AvgIpc) is 3.42. The number of morpholine rings is 1. The van der Waals surface area contributed by atoms with E-state index in [0.717, 1.165) is 28.4 Å². The van der Waals surface area contributed by atoms with Crippen molar-refractivity contribution in [1.29, 1.82) is 0 Å². The topological polar surface area (TPSA) is 144 Å². The third kappa shape index (κ3) is 5.78. The number of nitrogens with one attached hydrogen (secondary N) is 2. The first-order valence-electron chi connectivity index (χ1n) is 12.3. The fraction of sp³-hybridized carbons (Fsp3) is 0.192. The van der Waals surface area contributed by atoms with Crippen LogP contribution >= 0.6 is 24.0 Å². The fourth-order valence-corrected chi connectivity index (χ4v) is 4.79. The van der Waals surface area contributed by atoms with Crippen LogP contribution in [-0.2, 0) is 4.74 Å². The molecule has 0 spiro atoms. The van der Waals surface area contributed by atoms with E-state index < -0.39 is 5.63 Å². The predicted octanol–water partition coefficient (Wildman–Crippen LogP) is 4.13. The van der Waals surface area contributed by atoms with Crippen LogP contribution in [-0.4, -0.2) is 56.6 Å². The molecule has 0 amide bonds. The number of fused-ring (bicyclic) bond motifs is 1. The quantitative estimate of drug-likeness (QED) is 0.221. The van der Waals surface area contributed by atoms with Crippen molar-refractivity contribution >= 4 is 57.6 Å². The van der Waals surface area contributed by atoms with Crippen molar-refractivity contribution in [3.8, 4) is 11.5 Å². The van der Waals surface area contributed by atoms with Gasteiger partial charge in [-0.25, -0.2) is 4.79 Å². The molecular formula is C26H22N8O4S2. The van der Waals surface area contributed by atoms with Gasteiger partial charge in [-0.05, 0) is 42.9 Å². The molecular weight excluding hydrogens is 552 g/mol. The van der Waals surface area contributed by atoms with E-state index in [1.54, 1.807) is 18.2 Å². The molecule has 2 aromatic carbocycles. The van der Waals surface area contributed by atoms with Gasteiger partial charge in [0, 0.05) is 35.9 Å². The number of para-hydroxylation sites is 2. The summed E-state index contributed by atoms with van der Waals surface area (Å²) in [5.41, 5.74) is 1.97. The lowest BCUT2D eigenvalue weighted by Gasteiger charge is -2.27. The number of hydrogen-bond acceptors (Lipinski definition) is 12. The zero-order valence-corrected chi connectivity index (χ0v) is 22.8. The molecule has 0 atom stereocenters. The SMILES string of the molecule is Cc1ccccc1NC(=S)Nc1nc(Sc2nnc(-c3cc4ccccc4oc3=O)o2)nc(N2CCOCC2)n1. The maximum atomic E-state index is 12.5. The summed E-state index contributed by atoms with van der Waals surface area (Å²) in [5.74, 6) is 0.739. The summed E-state index contributed by atoms with van der Waals surface area (Å²) >= 11 is 6.55. The van der Waals surface area contributed by atoms with Gasteiger partial charge in [-0.2, -0.15) is 15.0 Å². The van der Waals surface area contributed by atoms with Crippen molar-refractivity contribution in [3.63, 3.8) is 0 Å². The minimum atomic E-state index is -0.574. The molecule has 0 unspecified atom stereocenters. The Labute approximate surface area is 237 Å². The molecule has 5 aromatic rings. The van der Waals surface area contributed by atoms with Crippen molar-refractivity contribution in [3.05, 3.63) is 70.6 Å². The van der Waals surface area contributed by atoms with Gasteiger partial charge < -0.3 is 29.1 Å². The van der Waals surface area contributed by atoms with Crippen LogP contribution in [0.25, 0.3) is 22.4 Å². The second-order valence-corrected chi connectivity index (χ2v) is 10.0. The van der Waals surface area contributed by atoms with Crippen LogP contribution in [0.3, 0.4) is 0 Å². The molecule has 3 aromatic heterocycles. The molecule has 0 radical (unpaired) electrons. The lowest BCUT2D eigenvalue weighted by molar-refractivity contribution is 0.122. The number of benzene rings is 2. The Bertz CT molecular complexity index is 1750. The number of anilines is 3. The van der Waals surface area contributed by atoms with Gasteiger partial charge >= 0.3 is 5.63 Å². The van der Waals surface area contributed by atoms with E-state index in [9.17, 15) is 4.79 Å². The van der Waals surface area contributed by atoms with Crippen molar-refractivity contribution in [2.24, 2.45) is 0 Å². The van der Waals surface area contributed by atoms with Crippen LogP contribution in [0.4, 0.5) is 17.6 Å². The van der Waals surface area contributed by atoms with Gasteiger partial charge in [0.25, 0.3) is 11.1 Å². The smallest absolute Gasteiger partial charge is 0.349 e. The lowest BCUT2D eigenvalue weighted by atomic mass is 10.2. The Balaban J connectivity index is 1.26. The van der Waals surface area contributed by atoms with Crippen LogP contribution in [0.5, 0.6) is 0 Å². The summed E-state index contributed by atoms with van der Waals surface area (Å²) in [6.07, 6.45) is 0. The van der Waals surface area contributed by atoms with Gasteiger partial charge in [-0.1, -0.05) is 36.4 Å². The number of aryl methyl sites for hydroxylation is 1. The van der Waals surface area contributed by atoms with Crippen LogP contribution in [0, 0.1) is 6.92 Å². The molecule has 12 nitrogen and oxygen atoms in total. The first-order valence-corrected chi connectivity index (χ1v) is 13.5. The summed E-state index contributed by atoms with van der Waals surface area (Å²) in [6.45, 7) is 4.36. The first-order chi connectivity index (χ1) is 19.5. The molecule has 1 fully saturated rings. The third-order valence-corrected chi connectivity index (χ3v) is 6.88. The number of hydrogen-bond donors (Lipinski definition) is 2. The maximum absolute atomic E-state index is 12.5. The summed E-state index contributed by atoms with van der Waals surface area (Å²) in [7, 11) is 0. The van der Waals surface area contributed by atoms with E-state index in [2.05, 4.69) is 35.8 Å². The van der Waals surface area contributed by atoms with Crippen LogP contribution in [0.15, 0.2) is 78.6 Å². The number of nitrogens with zero attached hydrogens (tertiary/aromatic N) is 6. The molecule has 0 saturated carbocycles. The molecule has 14 heteroatoms. The first kappa shape index (κ1) is 25.9. The van der Waals surface area contributed by atoms with Gasteiger partial charge in [0.1, 0.15) is 11.1 Å². The van der Waals surface area contributed by atoms with E-state index in [4.69, 9.17) is 25.8 Å². The highest BCUT2D eigenvalue weighted by molar-refractivity contribution is 7.98. The van der Waals surface area contributed by atoms with Gasteiger partial charge in [-0.15, -0.1) is 10.2 Å². The minimum absolute atomic E-state index is 0.0337. The third-order valence-electron chi connectivity index (χ3n) is 5.97. The Morgan fingerprint density at radius 2 is 1.77 bits per heavy atom. The van der Waals surface area contributed by atoms with Gasteiger partial charge in [-0.3, -0.25) is 0 Å². The molecule has 2 N–H and O–H groups in total. The molecule has 0 aliphatic carbocycles. The average molecular weight is 575 g/mol. The Morgan fingerprint density at radius 1 is 0.975 bits per heavy atom. The summed E-state index contributed by atoms with van der Waals surface area (Å²) in [6, 6.07) is 16.6. The van der Waals surface area contributed by atoms with Gasteiger partial charge in [0.2, 0.25) is 17.1 Å². The highest BCUT2D eigenvalue weighted by Gasteiger charge is 2.20. The van der Waals surface area contributed by atoms with Crippen LogP contribution in [0.2, 0.25) is 0 Å². The van der Waals surface area contributed by atoms with Crippen LogP contribution in [0.1, 0.15) is 5.56 Å². The van der Waals surface area contributed by atoms with E-state index >= 15 is 0 Å². The molecule has 6 rings (SSSR count). The summed E-state index contributed by atoms with van der Waals surface area (Å²) < 4.78 is 16.7. The fourth-order valence-electron chi connectivity index (χ4n) is 3.97. The Morgan fingerprint density at radius 3 is 2.62 bits per heavy atom. The van der Waals surface area contributed by atoms with E-state index in [-0.39, 0.29) is 22.6 Å². The van der Waals surface area contributed by atoms with E-state index in [1.165, 1.54) is 0 Å². The largest absolute Gasteiger partial charge is 0.422 e. The molecule has 1 aliphatic heterocycles. The number of thiocarbonyl (C=S) groups is 1. The maximum Gasteiger partial charge on any atom is 0.349 e. The van der Waals surface area contributed by atoms with Crippen molar-refractivity contribution in [1.82, 2.24) is 25.1 Å². The predicted molar refractivity (Wildman–Crippen MR) is 154 cm³/mol. The highest BCUT2D eigenvalue weighted by Crippen LogP contribution is 2.29. The van der Waals surface area contributed by atoms with Crippen molar-refractivity contribution in [2.75, 3.05) is 41.8 Å². The minimum Gasteiger partial charge on any atom is -0.422 e. The van der Waals surface area contributed by atoms with Crippen molar-refractivity contribution in [2.45, 2.75) is 17.3 Å². The standard InChI is InChI=1S/C26H22N8O4S2/c1-15-6-2-4-8-18(15)27-24(39)29-22-28-23(34-10-12-36-13-11-34)31-25(30-22)40-26-33-32-20(38-26)17-14-16-7-3-5-9-19(16)37-21(17)35/h2-9,14H,10-13H2,1H3,(H2,27,28,29,30,31,39). The zero-order chi connectivity index (χ0) is 27.5. The Hall–Kier alpha value is -4.40. The van der Waals surface area contributed by atoms with Crippen LogP contribution < -0.4 is 21.2 Å². The molecule has 1 aliphatic rings. The lowest BCUT2D eigenvalue weighted by Crippen LogP contribution is -2.37. The normalized spacial score (nSPS) is 13.4. The Kier molecular flexibility index (Phi) is 7.35. The molecule has 0 bridgehead atoms. The molecule has 1 saturated heterocycles. The second kappa shape index (κ2) is 11.4. The molecule has 202 valence electrons. The highest BCUT2D eigenvalue weighted by atomic mass is 32.2. The number of ether oxygens (including phenoxy) is 1. The second-order valence-electron chi connectivity index (χ2n) is 8.70. The van der Waals surface area contributed by atoms with E-state index in [1.807, 2.05) is 48.2 Å².